The number of carbonyl (C=O) groups is 3. The molecule has 3 amide bonds. The van der Waals surface area contributed by atoms with Crippen molar-refractivity contribution >= 4 is 44.7 Å². The molecule has 2 aliphatic carbocycles. The van der Waals surface area contributed by atoms with Crippen molar-refractivity contribution in [1.82, 2.24) is 19.9 Å². The highest BCUT2D eigenvalue weighted by molar-refractivity contribution is 7.91. The number of sulfonamides is 1. The predicted octanol–water partition coefficient (Wildman–Crippen LogP) is 3.40. The number of aryl methyl sites for hydroxylation is 1. The summed E-state index contributed by atoms with van der Waals surface area (Å²) >= 11 is 0. The summed E-state index contributed by atoms with van der Waals surface area (Å²) in [4.78, 5) is 63.4. The van der Waals surface area contributed by atoms with Crippen LogP contribution in [0.3, 0.4) is 0 Å². The molecule has 2 aromatic rings. The number of benzene rings is 1. The Labute approximate surface area is 297 Å². The topological polar surface area (TPSA) is 183 Å². The molecule has 1 saturated heterocycles. The van der Waals surface area contributed by atoms with Crippen LogP contribution in [-0.2, 0) is 29.2 Å². The Balaban J connectivity index is 1.33. The van der Waals surface area contributed by atoms with Crippen LogP contribution in [0, 0.1) is 12.8 Å². The normalized spacial score (nSPS) is 27.5. The largest absolute Gasteiger partial charge is 0.496 e. The number of nitrogens with one attached hydrogen (secondary N) is 2. The van der Waals surface area contributed by atoms with E-state index in [9.17, 15) is 27.6 Å². The third kappa shape index (κ3) is 7.18. The number of hydrogen-bond acceptors (Lipinski definition) is 11. The number of allylic oxidation sites excluding steroid dienone is 1. The number of amides is 3. The molecular formula is C36H45N5O9S. The third-order valence-corrected chi connectivity index (χ3v) is 12.7. The van der Waals surface area contributed by atoms with Gasteiger partial charge in [0.2, 0.25) is 33.8 Å². The van der Waals surface area contributed by atoms with Crippen LogP contribution in [0.25, 0.3) is 10.9 Å². The van der Waals surface area contributed by atoms with Gasteiger partial charge in [-0.1, -0.05) is 25.0 Å². The maximum Gasteiger partial charge on any atom is 0.259 e. The van der Waals surface area contributed by atoms with Gasteiger partial charge < -0.3 is 24.4 Å². The number of aliphatic imine (C=N–C) groups is 1. The second-order valence-corrected chi connectivity index (χ2v) is 16.3. The first kappa shape index (κ1) is 36.3. The number of isocyanates is 1. The fourth-order valence-corrected chi connectivity index (χ4v) is 8.37. The molecule has 274 valence electrons. The van der Waals surface area contributed by atoms with Crippen molar-refractivity contribution in [1.29, 1.82) is 0 Å². The molecule has 0 bridgehead atoms. The van der Waals surface area contributed by atoms with Crippen LogP contribution in [0.5, 0.6) is 17.4 Å². The van der Waals surface area contributed by atoms with E-state index in [1.54, 1.807) is 26.2 Å². The molecule has 3 fully saturated rings. The van der Waals surface area contributed by atoms with Gasteiger partial charge in [0.15, 0.2) is 0 Å². The van der Waals surface area contributed by atoms with Crippen molar-refractivity contribution < 1.29 is 41.8 Å². The zero-order valence-corrected chi connectivity index (χ0v) is 30.2. The van der Waals surface area contributed by atoms with E-state index < -0.39 is 62.1 Å². The first-order valence-corrected chi connectivity index (χ1v) is 19.1. The third-order valence-electron chi connectivity index (χ3n) is 10.6. The number of fused-ring (bicyclic) bond motifs is 3. The number of methoxy groups -OCH3 is 1. The summed E-state index contributed by atoms with van der Waals surface area (Å²) < 4.78 is 45.1. The average molecular weight is 724 g/mol. The smallest absolute Gasteiger partial charge is 0.259 e. The SMILES string of the molecule is CCOc1cc(OC2CC3C(=O)NC4(C(=O)NS(=O)(=O)C5(C)CC5)CC4C=CCCCCCC(N=C=O)C(=O)N3C2)c2ccc(OC)c(C)c2n1. The Hall–Kier alpha value is -4.49. The second kappa shape index (κ2) is 14.3. The van der Waals surface area contributed by atoms with Crippen LogP contribution in [0.15, 0.2) is 35.3 Å². The molecule has 5 unspecified atom stereocenters. The van der Waals surface area contributed by atoms with Crippen molar-refractivity contribution in [2.24, 2.45) is 10.9 Å². The molecule has 6 rings (SSSR count). The number of ether oxygens (including phenoxy) is 3. The Morgan fingerprint density at radius 3 is 2.69 bits per heavy atom. The highest BCUT2D eigenvalue weighted by Crippen LogP contribution is 2.47. The number of nitrogens with zero attached hydrogens (tertiary/aromatic N) is 3. The molecular weight excluding hydrogens is 678 g/mol. The lowest BCUT2D eigenvalue weighted by Crippen LogP contribution is -2.57. The fraction of sp³-hybridized carbons (Fsp3) is 0.583. The lowest BCUT2D eigenvalue weighted by molar-refractivity contribution is -0.140. The van der Waals surface area contributed by atoms with E-state index in [0.717, 1.165) is 18.4 Å². The second-order valence-electron chi connectivity index (χ2n) is 14.1. The molecule has 15 heteroatoms. The van der Waals surface area contributed by atoms with E-state index in [0.29, 0.717) is 67.0 Å². The maximum atomic E-state index is 14.3. The van der Waals surface area contributed by atoms with E-state index in [1.165, 1.54) is 11.0 Å². The zero-order chi connectivity index (χ0) is 36.6. The van der Waals surface area contributed by atoms with Crippen LogP contribution in [0.2, 0.25) is 0 Å². The summed E-state index contributed by atoms with van der Waals surface area (Å²) in [5.41, 5.74) is -0.128. The van der Waals surface area contributed by atoms with Crippen molar-refractivity contribution in [2.75, 3.05) is 20.3 Å². The summed E-state index contributed by atoms with van der Waals surface area (Å²) in [5.74, 6) is -0.992. The van der Waals surface area contributed by atoms with Gasteiger partial charge in [0, 0.05) is 29.4 Å². The Bertz CT molecular complexity index is 1910. The van der Waals surface area contributed by atoms with Gasteiger partial charge in [-0.3, -0.25) is 19.1 Å². The molecule has 5 atom stereocenters. The summed E-state index contributed by atoms with van der Waals surface area (Å²) in [6.07, 6.45) is 8.94. The Morgan fingerprint density at radius 2 is 1.98 bits per heavy atom. The molecule has 0 spiro atoms. The van der Waals surface area contributed by atoms with Crippen LogP contribution >= 0.6 is 0 Å². The highest BCUT2D eigenvalue weighted by Gasteiger charge is 2.63. The number of carbonyl (C=O) groups excluding carboxylic acids is 4. The van der Waals surface area contributed by atoms with Gasteiger partial charge in [0.1, 0.15) is 35.2 Å². The maximum absolute atomic E-state index is 14.3. The number of rotatable bonds is 9. The van der Waals surface area contributed by atoms with Gasteiger partial charge in [-0.15, -0.1) is 0 Å². The summed E-state index contributed by atoms with van der Waals surface area (Å²) in [7, 11) is -2.41. The van der Waals surface area contributed by atoms with Gasteiger partial charge in [-0.2, -0.15) is 4.99 Å². The van der Waals surface area contributed by atoms with Gasteiger partial charge in [-0.25, -0.2) is 18.2 Å². The molecule has 4 aliphatic rings. The minimum Gasteiger partial charge on any atom is -0.496 e. The lowest BCUT2D eigenvalue weighted by Gasteiger charge is -2.28. The summed E-state index contributed by atoms with van der Waals surface area (Å²) in [6, 6.07) is 3.13. The van der Waals surface area contributed by atoms with Crippen molar-refractivity contribution in [3.63, 3.8) is 0 Å². The molecule has 14 nitrogen and oxygen atoms in total. The minimum absolute atomic E-state index is 0.0139. The Morgan fingerprint density at radius 1 is 1.20 bits per heavy atom. The van der Waals surface area contributed by atoms with Crippen molar-refractivity contribution in [3.8, 4) is 17.4 Å². The highest BCUT2D eigenvalue weighted by atomic mass is 32.2. The molecule has 1 aromatic heterocycles. The molecule has 2 saturated carbocycles. The summed E-state index contributed by atoms with van der Waals surface area (Å²) in [5, 5.41) is 3.54. The van der Waals surface area contributed by atoms with Crippen LogP contribution in [0.1, 0.15) is 77.2 Å². The number of aromatic nitrogens is 1. The van der Waals surface area contributed by atoms with E-state index in [-0.39, 0.29) is 19.4 Å². The van der Waals surface area contributed by atoms with E-state index in [1.807, 2.05) is 32.1 Å². The van der Waals surface area contributed by atoms with Crippen molar-refractivity contribution in [3.05, 3.63) is 35.9 Å². The monoisotopic (exact) mass is 723 g/mol. The number of hydrogen-bond donors (Lipinski definition) is 2. The van der Waals surface area contributed by atoms with E-state index >= 15 is 0 Å². The fourth-order valence-electron chi connectivity index (χ4n) is 7.05. The van der Waals surface area contributed by atoms with Gasteiger partial charge in [0.25, 0.3) is 5.91 Å². The zero-order valence-electron chi connectivity index (χ0n) is 29.4. The molecule has 3 heterocycles. The van der Waals surface area contributed by atoms with Crippen LogP contribution in [-0.4, -0.2) is 90.8 Å². The van der Waals surface area contributed by atoms with Crippen LogP contribution < -0.4 is 24.2 Å². The first-order chi connectivity index (χ1) is 24.4. The molecule has 0 radical (unpaired) electrons. The van der Waals surface area contributed by atoms with Gasteiger partial charge in [0.05, 0.1) is 30.5 Å². The first-order valence-electron chi connectivity index (χ1n) is 17.6. The van der Waals surface area contributed by atoms with Crippen LogP contribution in [0.4, 0.5) is 0 Å². The van der Waals surface area contributed by atoms with Crippen molar-refractivity contribution in [2.45, 2.75) is 107 Å². The van der Waals surface area contributed by atoms with Gasteiger partial charge in [-0.05, 0) is 71.4 Å². The molecule has 1 aromatic carbocycles. The van der Waals surface area contributed by atoms with E-state index in [2.05, 4.69) is 20.0 Å². The minimum atomic E-state index is -3.98. The lowest BCUT2D eigenvalue weighted by atomic mass is 10.1. The molecule has 51 heavy (non-hydrogen) atoms. The van der Waals surface area contributed by atoms with E-state index in [4.69, 9.17) is 14.2 Å². The summed E-state index contributed by atoms with van der Waals surface area (Å²) in [6.45, 7) is 5.64. The molecule has 2 N–H and O–H groups in total. The standard InChI is InChI=1S/C36H45N5O9S/c1-5-49-30-18-29(25-13-14-28(48-4)22(2)31(25)38-30)50-24-17-27-32(43)39-36(34(45)40-51(46,47)35(3)15-16-35)19-23(36)11-9-7-6-8-10-12-26(37-21-42)33(44)41(27)20-24/h9,11,13-14,18,23-24,26-27H,5-8,10,12,15-17,19-20H2,1-4H3,(H,39,43)(H,40,45). The average Bonchev–Trinajstić information content (AvgIpc) is 3.97. The van der Waals surface area contributed by atoms with Gasteiger partial charge >= 0.3 is 0 Å². The number of pyridine rings is 1. The predicted molar refractivity (Wildman–Crippen MR) is 187 cm³/mol. The quantitative estimate of drug-likeness (QED) is 0.221. The molecule has 2 aliphatic heterocycles. The Kier molecular flexibility index (Phi) is 10.2.